The molecule has 6 rings (SSSR count). The van der Waals surface area contributed by atoms with Gasteiger partial charge in [-0.15, -0.1) is 0 Å². The molecule has 5 nitrogen and oxygen atoms in total. The Morgan fingerprint density at radius 1 is 1.08 bits per heavy atom. The van der Waals surface area contributed by atoms with Gasteiger partial charge in [-0.3, -0.25) is 4.79 Å². The van der Waals surface area contributed by atoms with E-state index in [2.05, 4.69) is 26.8 Å². The van der Waals surface area contributed by atoms with Gasteiger partial charge in [0.1, 0.15) is 5.75 Å². The molecule has 5 heteroatoms. The van der Waals surface area contributed by atoms with Crippen molar-refractivity contribution < 1.29 is 19.7 Å². The molecule has 5 aliphatic rings. The number of rotatable bonds is 5. The van der Waals surface area contributed by atoms with Gasteiger partial charge in [0.2, 0.25) is 5.91 Å². The summed E-state index contributed by atoms with van der Waals surface area (Å²) in [6.45, 7) is 8.17. The molecule has 4 aliphatic carbocycles. The van der Waals surface area contributed by atoms with Crippen LogP contribution in [0, 0.1) is 46.3 Å². The van der Waals surface area contributed by atoms with E-state index >= 15 is 0 Å². The Morgan fingerprint density at radius 3 is 2.63 bits per heavy atom. The SMILES string of the molecule is COc1ccc2c(c1)N(C(=O)CC[C@@H](C)[C@H]1CC[C@H]3[C@@H]4[C@@H](O)C[C@@H]5C[C@H](O)CC[C@]5(C)[C@H]4CC[C@]13C)CC2. The fourth-order valence-corrected chi connectivity index (χ4v) is 10.6. The molecule has 4 saturated carbocycles. The number of anilines is 1. The lowest BCUT2D eigenvalue weighted by atomic mass is 9.43. The van der Waals surface area contributed by atoms with Gasteiger partial charge in [0.05, 0.1) is 25.0 Å². The van der Waals surface area contributed by atoms with Crippen molar-refractivity contribution in [2.24, 2.45) is 46.3 Å². The summed E-state index contributed by atoms with van der Waals surface area (Å²) in [5, 5.41) is 21.9. The van der Waals surface area contributed by atoms with E-state index in [-0.39, 0.29) is 28.9 Å². The first-order valence-electron chi connectivity index (χ1n) is 15.5. The van der Waals surface area contributed by atoms with Gasteiger partial charge in [0.25, 0.3) is 0 Å². The van der Waals surface area contributed by atoms with Crippen LogP contribution in [0.1, 0.15) is 90.5 Å². The number of aliphatic hydroxyl groups is 2. The van der Waals surface area contributed by atoms with E-state index in [9.17, 15) is 15.0 Å². The molecule has 0 aromatic heterocycles. The molecule has 0 radical (unpaired) electrons. The number of hydrogen-bond donors (Lipinski definition) is 2. The first-order chi connectivity index (χ1) is 18.2. The molecule has 0 unspecified atom stereocenters. The fourth-order valence-electron chi connectivity index (χ4n) is 10.6. The first-order valence-corrected chi connectivity index (χ1v) is 15.5. The third kappa shape index (κ3) is 4.13. The van der Waals surface area contributed by atoms with Crippen LogP contribution in [-0.2, 0) is 11.2 Å². The van der Waals surface area contributed by atoms with Crippen molar-refractivity contribution in [3.63, 3.8) is 0 Å². The van der Waals surface area contributed by atoms with Crippen LogP contribution in [0.25, 0.3) is 0 Å². The van der Waals surface area contributed by atoms with Crippen LogP contribution in [0.5, 0.6) is 5.75 Å². The average molecular weight is 524 g/mol. The zero-order valence-corrected chi connectivity index (χ0v) is 24.0. The van der Waals surface area contributed by atoms with Gasteiger partial charge >= 0.3 is 0 Å². The van der Waals surface area contributed by atoms with Crippen LogP contribution < -0.4 is 9.64 Å². The highest BCUT2D eigenvalue weighted by molar-refractivity contribution is 5.95. The number of carbonyl (C=O) groups excluding carboxylic acids is 1. The molecule has 1 heterocycles. The van der Waals surface area contributed by atoms with Crippen molar-refractivity contribution in [3.05, 3.63) is 23.8 Å². The molecule has 10 atom stereocenters. The quantitative estimate of drug-likeness (QED) is 0.497. The zero-order chi connectivity index (χ0) is 26.8. The van der Waals surface area contributed by atoms with Crippen LogP contribution in [0.2, 0.25) is 0 Å². The predicted octanol–water partition coefficient (Wildman–Crippen LogP) is 5.99. The largest absolute Gasteiger partial charge is 0.497 e. The van der Waals surface area contributed by atoms with Crippen LogP contribution in [0.15, 0.2) is 18.2 Å². The van der Waals surface area contributed by atoms with E-state index < -0.39 is 0 Å². The Hall–Kier alpha value is -1.59. The molecular formula is C33H49NO4. The lowest BCUT2D eigenvalue weighted by Gasteiger charge is -2.62. The van der Waals surface area contributed by atoms with Crippen molar-refractivity contribution in [1.82, 2.24) is 0 Å². The van der Waals surface area contributed by atoms with Crippen molar-refractivity contribution in [2.45, 2.75) is 104 Å². The van der Waals surface area contributed by atoms with Gasteiger partial charge < -0.3 is 19.8 Å². The molecule has 1 amide bonds. The Morgan fingerprint density at radius 2 is 1.84 bits per heavy atom. The first kappa shape index (κ1) is 26.6. The number of benzene rings is 1. The predicted molar refractivity (Wildman–Crippen MR) is 150 cm³/mol. The Kier molecular flexibility index (Phi) is 6.87. The summed E-state index contributed by atoms with van der Waals surface area (Å²) >= 11 is 0. The highest BCUT2D eigenvalue weighted by Crippen LogP contribution is 2.68. The lowest BCUT2D eigenvalue weighted by molar-refractivity contribution is -0.174. The smallest absolute Gasteiger partial charge is 0.227 e. The van der Waals surface area contributed by atoms with E-state index in [0.717, 1.165) is 56.5 Å². The van der Waals surface area contributed by atoms with E-state index in [1.165, 1.54) is 31.2 Å². The molecule has 0 saturated heterocycles. The molecule has 1 aromatic carbocycles. The fraction of sp³-hybridized carbons (Fsp3) is 0.788. The number of hydrogen-bond acceptors (Lipinski definition) is 4. The Labute approximate surface area is 229 Å². The minimum absolute atomic E-state index is 0.179. The minimum atomic E-state index is -0.226. The Balaban J connectivity index is 1.13. The number of aliphatic hydroxyl groups excluding tert-OH is 2. The third-order valence-corrected chi connectivity index (χ3v) is 12.7. The number of methoxy groups -OCH3 is 1. The summed E-state index contributed by atoms with van der Waals surface area (Å²) in [7, 11) is 1.68. The number of fused-ring (bicyclic) bond motifs is 6. The summed E-state index contributed by atoms with van der Waals surface area (Å²) in [6, 6.07) is 6.10. The Bertz CT molecular complexity index is 1060. The van der Waals surface area contributed by atoms with E-state index in [1.807, 2.05) is 17.0 Å². The van der Waals surface area contributed by atoms with E-state index in [1.54, 1.807) is 7.11 Å². The molecule has 1 aromatic rings. The van der Waals surface area contributed by atoms with Gasteiger partial charge in [-0.1, -0.05) is 26.8 Å². The second kappa shape index (κ2) is 9.80. The average Bonchev–Trinajstić information content (AvgIpc) is 3.48. The molecule has 1 aliphatic heterocycles. The van der Waals surface area contributed by atoms with Gasteiger partial charge in [-0.25, -0.2) is 0 Å². The summed E-state index contributed by atoms with van der Waals surface area (Å²) in [5.74, 6) is 4.22. The number of nitrogens with zero attached hydrogens (tertiary/aromatic N) is 1. The van der Waals surface area contributed by atoms with E-state index in [0.29, 0.717) is 41.9 Å². The normalized spacial score (nSPS) is 42.6. The van der Waals surface area contributed by atoms with Crippen molar-refractivity contribution in [2.75, 3.05) is 18.6 Å². The van der Waals surface area contributed by atoms with Gasteiger partial charge in [-0.2, -0.15) is 0 Å². The second-order valence-electron chi connectivity index (χ2n) is 14.3. The zero-order valence-electron chi connectivity index (χ0n) is 24.0. The molecule has 0 spiro atoms. The highest BCUT2D eigenvalue weighted by atomic mass is 16.5. The van der Waals surface area contributed by atoms with Crippen molar-refractivity contribution in [1.29, 1.82) is 0 Å². The van der Waals surface area contributed by atoms with Crippen molar-refractivity contribution >= 4 is 11.6 Å². The third-order valence-electron chi connectivity index (χ3n) is 12.7. The minimum Gasteiger partial charge on any atom is -0.497 e. The topological polar surface area (TPSA) is 70.0 Å². The molecular weight excluding hydrogens is 474 g/mol. The summed E-state index contributed by atoms with van der Waals surface area (Å²) < 4.78 is 5.41. The molecule has 210 valence electrons. The lowest BCUT2D eigenvalue weighted by Crippen LogP contribution is -2.58. The van der Waals surface area contributed by atoms with Crippen LogP contribution in [0.3, 0.4) is 0 Å². The maximum absolute atomic E-state index is 13.3. The molecule has 38 heavy (non-hydrogen) atoms. The van der Waals surface area contributed by atoms with Crippen LogP contribution >= 0.6 is 0 Å². The molecule has 4 fully saturated rings. The second-order valence-corrected chi connectivity index (χ2v) is 14.3. The van der Waals surface area contributed by atoms with Gasteiger partial charge in [0, 0.05) is 19.0 Å². The summed E-state index contributed by atoms with van der Waals surface area (Å²) in [4.78, 5) is 15.3. The highest BCUT2D eigenvalue weighted by Gasteiger charge is 2.62. The van der Waals surface area contributed by atoms with Gasteiger partial charge in [-0.05, 0) is 122 Å². The van der Waals surface area contributed by atoms with Gasteiger partial charge in [0.15, 0.2) is 0 Å². The standard InChI is InChI=1S/C33H49NO4/c1-20(5-10-30(37)34-16-13-21-6-7-24(38-4)19-28(21)34)25-8-9-26-31-27(12-15-33(25,26)3)32(2)14-11-23(35)17-22(32)18-29(31)36/h6-7,19-20,22-23,25-27,29,31,35-36H,5,8-18H2,1-4H3/t20-,22+,23-,25-,26+,27+,29+,31+,32+,33-/m1/s1. The maximum Gasteiger partial charge on any atom is 0.227 e. The summed E-state index contributed by atoms with van der Waals surface area (Å²) in [6.07, 6.45) is 10.8. The number of carbonyl (C=O) groups is 1. The van der Waals surface area contributed by atoms with E-state index in [4.69, 9.17) is 4.74 Å². The van der Waals surface area contributed by atoms with Crippen LogP contribution in [0.4, 0.5) is 5.69 Å². The van der Waals surface area contributed by atoms with Crippen molar-refractivity contribution in [3.8, 4) is 5.75 Å². The number of amides is 1. The number of ether oxygens (including phenoxy) is 1. The van der Waals surface area contributed by atoms with Crippen LogP contribution in [-0.4, -0.2) is 42.0 Å². The molecule has 0 bridgehead atoms. The maximum atomic E-state index is 13.3. The monoisotopic (exact) mass is 523 g/mol. The molecule has 2 N–H and O–H groups in total. The summed E-state index contributed by atoms with van der Waals surface area (Å²) in [5.41, 5.74) is 2.80.